The first-order chi connectivity index (χ1) is 5.34. The van der Waals surface area contributed by atoms with Crippen LogP contribution in [0.25, 0.3) is 0 Å². The van der Waals surface area contributed by atoms with Crippen LogP contribution in [0.2, 0.25) is 0 Å². The van der Waals surface area contributed by atoms with E-state index in [0.717, 1.165) is 0 Å². The Bertz CT molecular complexity index is 234. The van der Waals surface area contributed by atoms with E-state index in [4.69, 9.17) is 4.74 Å². The molecule has 0 spiro atoms. The molecule has 66 valence electrons. The first-order valence-corrected chi connectivity index (χ1v) is 3.56. The number of hydrogen-bond donors (Lipinski definition) is 1. The maximum Gasteiger partial charge on any atom is 0.338 e. The fourth-order valence-corrected chi connectivity index (χ4v) is 0.789. The third-order valence-corrected chi connectivity index (χ3v) is 1.28. The predicted molar refractivity (Wildman–Crippen MR) is 47.4 cm³/mol. The Balaban J connectivity index is 0.00000121. The SMILES string of the molecule is CCOC(=O)c1ccccc1.N. The van der Waals surface area contributed by atoms with Crippen molar-refractivity contribution < 1.29 is 9.53 Å². The molecule has 0 atom stereocenters. The van der Waals surface area contributed by atoms with Crippen molar-refractivity contribution in [2.45, 2.75) is 6.92 Å². The summed E-state index contributed by atoms with van der Waals surface area (Å²) in [5.41, 5.74) is 0.606. The van der Waals surface area contributed by atoms with Crippen LogP contribution in [-0.2, 0) is 4.74 Å². The van der Waals surface area contributed by atoms with Gasteiger partial charge in [-0.1, -0.05) is 18.2 Å². The molecule has 0 aliphatic carbocycles. The van der Waals surface area contributed by atoms with Crippen molar-refractivity contribution in [3.8, 4) is 0 Å². The highest BCUT2D eigenvalue weighted by atomic mass is 16.5. The lowest BCUT2D eigenvalue weighted by atomic mass is 10.2. The molecule has 3 nitrogen and oxygen atoms in total. The summed E-state index contributed by atoms with van der Waals surface area (Å²) in [4.78, 5) is 11.0. The van der Waals surface area contributed by atoms with Crippen LogP contribution in [0.3, 0.4) is 0 Å². The first kappa shape index (κ1) is 10.7. The van der Waals surface area contributed by atoms with Crippen LogP contribution in [0, 0.1) is 0 Å². The summed E-state index contributed by atoms with van der Waals surface area (Å²) >= 11 is 0. The molecule has 0 amide bonds. The Morgan fingerprint density at radius 1 is 1.33 bits per heavy atom. The molecule has 1 aromatic rings. The second-order valence-corrected chi connectivity index (χ2v) is 2.09. The number of rotatable bonds is 2. The summed E-state index contributed by atoms with van der Waals surface area (Å²) in [5.74, 6) is -0.256. The molecule has 1 rings (SSSR count). The topological polar surface area (TPSA) is 61.3 Å². The maximum atomic E-state index is 11.0. The highest BCUT2D eigenvalue weighted by Crippen LogP contribution is 1.99. The van der Waals surface area contributed by atoms with Crippen LogP contribution < -0.4 is 6.15 Å². The quantitative estimate of drug-likeness (QED) is 0.685. The first-order valence-electron chi connectivity index (χ1n) is 3.56. The van der Waals surface area contributed by atoms with Gasteiger partial charge in [0.1, 0.15) is 0 Å². The molecule has 0 saturated heterocycles. The van der Waals surface area contributed by atoms with E-state index in [-0.39, 0.29) is 12.1 Å². The van der Waals surface area contributed by atoms with E-state index in [0.29, 0.717) is 12.2 Å². The highest BCUT2D eigenvalue weighted by molar-refractivity contribution is 5.89. The molecule has 0 unspecified atom stereocenters. The largest absolute Gasteiger partial charge is 0.462 e. The highest BCUT2D eigenvalue weighted by Gasteiger charge is 2.02. The van der Waals surface area contributed by atoms with Gasteiger partial charge in [-0.2, -0.15) is 0 Å². The molecule has 3 N–H and O–H groups in total. The van der Waals surface area contributed by atoms with Gasteiger partial charge in [0.15, 0.2) is 0 Å². The van der Waals surface area contributed by atoms with E-state index < -0.39 is 0 Å². The lowest BCUT2D eigenvalue weighted by Gasteiger charge is -1.99. The zero-order chi connectivity index (χ0) is 8.10. The molecular formula is C9H13NO2. The number of carbonyl (C=O) groups excluding carboxylic acids is 1. The number of benzene rings is 1. The van der Waals surface area contributed by atoms with Crippen LogP contribution in [0.5, 0.6) is 0 Å². The molecule has 0 aromatic heterocycles. The normalized spacial score (nSPS) is 8.42. The van der Waals surface area contributed by atoms with Gasteiger partial charge in [-0.05, 0) is 19.1 Å². The molecule has 0 aliphatic rings. The smallest absolute Gasteiger partial charge is 0.338 e. The molecule has 0 aliphatic heterocycles. The number of ether oxygens (including phenoxy) is 1. The van der Waals surface area contributed by atoms with Crippen LogP contribution in [0.15, 0.2) is 30.3 Å². The molecule has 0 fully saturated rings. The van der Waals surface area contributed by atoms with E-state index in [1.165, 1.54) is 0 Å². The van der Waals surface area contributed by atoms with Gasteiger partial charge >= 0.3 is 5.97 Å². The molecule has 0 radical (unpaired) electrons. The molecule has 1 aromatic carbocycles. The summed E-state index contributed by atoms with van der Waals surface area (Å²) in [7, 11) is 0. The second-order valence-electron chi connectivity index (χ2n) is 2.09. The lowest BCUT2D eigenvalue weighted by Crippen LogP contribution is -2.03. The van der Waals surface area contributed by atoms with Crippen molar-refractivity contribution in [3.63, 3.8) is 0 Å². The lowest BCUT2D eigenvalue weighted by molar-refractivity contribution is 0.0526. The third kappa shape index (κ3) is 2.72. The van der Waals surface area contributed by atoms with Crippen molar-refractivity contribution in [2.24, 2.45) is 0 Å². The minimum absolute atomic E-state index is 0. The second kappa shape index (κ2) is 5.32. The Labute approximate surface area is 71.9 Å². The zero-order valence-electron chi connectivity index (χ0n) is 7.12. The Kier molecular flexibility index (Phi) is 4.72. The van der Waals surface area contributed by atoms with Gasteiger partial charge in [0.25, 0.3) is 0 Å². The van der Waals surface area contributed by atoms with E-state index in [9.17, 15) is 4.79 Å². The van der Waals surface area contributed by atoms with E-state index in [1.807, 2.05) is 18.2 Å². The van der Waals surface area contributed by atoms with Crippen molar-refractivity contribution in [2.75, 3.05) is 6.61 Å². The minimum atomic E-state index is -0.256. The van der Waals surface area contributed by atoms with Crippen molar-refractivity contribution in [3.05, 3.63) is 35.9 Å². The summed E-state index contributed by atoms with van der Waals surface area (Å²) in [6, 6.07) is 8.96. The Morgan fingerprint density at radius 3 is 2.42 bits per heavy atom. The molecule has 0 heterocycles. The number of hydrogen-bond acceptors (Lipinski definition) is 3. The van der Waals surface area contributed by atoms with Gasteiger partial charge in [0.05, 0.1) is 12.2 Å². The van der Waals surface area contributed by atoms with Crippen LogP contribution in [0.4, 0.5) is 0 Å². The monoisotopic (exact) mass is 167 g/mol. The molecular weight excluding hydrogens is 154 g/mol. The minimum Gasteiger partial charge on any atom is -0.462 e. The third-order valence-electron chi connectivity index (χ3n) is 1.28. The summed E-state index contributed by atoms with van der Waals surface area (Å²) < 4.78 is 4.79. The van der Waals surface area contributed by atoms with Crippen molar-refractivity contribution in [1.29, 1.82) is 0 Å². The van der Waals surface area contributed by atoms with Gasteiger partial charge in [-0.25, -0.2) is 4.79 Å². The molecule has 0 saturated carbocycles. The fraction of sp³-hybridized carbons (Fsp3) is 0.222. The van der Waals surface area contributed by atoms with Crippen LogP contribution in [-0.4, -0.2) is 12.6 Å². The molecule has 12 heavy (non-hydrogen) atoms. The van der Waals surface area contributed by atoms with Crippen LogP contribution in [0.1, 0.15) is 17.3 Å². The Morgan fingerprint density at radius 2 is 1.92 bits per heavy atom. The van der Waals surface area contributed by atoms with Gasteiger partial charge in [0, 0.05) is 0 Å². The van der Waals surface area contributed by atoms with Crippen molar-refractivity contribution in [1.82, 2.24) is 6.15 Å². The van der Waals surface area contributed by atoms with Gasteiger partial charge < -0.3 is 10.9 Å². The van der Waals surface area contributed by atoms with Gasteiger partial charge in [-0.15, -0.1) is 0 Å². The number of carbonyl (C=O) groups is 1. The average molecular weight is 167 g/mol. The molecule has 3 heteroatoms. The maximum absolute atomic E-state index is 11.0. The summed E-state index contributed by atoms with van der Waals surface area (Å²) in [5, 5.41) is 0. The van der Waals surface area contributed by atoms with E-state index in [2.05, 4.69) is 0 Å². The average Bonchev–Trinajstić information content (AvgIpc) is 2.07. The fourth-order valence-electron chi connectivity index (χ4n) is 0.789. The van der Waals surface area contributed by atoms with Gasteiger partial charge in [0.2, 0.25) is 0 Å². The summed E-state index contributed by atoms with van der Waals surface area (Å²) in [6.07, 6.45) is 0. The summed E-state index contributed by atoms with van der Waals surface area (Å²) in [6.45, 7) is 2.22. The number of esters is 1. The van der Waals surface area contributed by atoms with E-state index in [1.54, 1.807) is 19.1 Å². The van der Waals surface area contributed by atoms with Gasteiger partial charge in [-0.3, -0.25) is 0 Å². The Hall–Kier alpha value is -1.35. The van der Waals surface area contributed by atoms with Crippen molar-refractivity contribution >= 4 is 5.97 Å². The predicted octanol–water partition coefficient (Wildman–Crippen LogP) is 2.03. The zero-order valence-corrected chi connectivity index (χ0v) is 7.12. The van der Waals surface area contributed by atoms with E-state index >= 15 is 0 Å². The standard InChI is InChI=1S/C9H10O2.H3N/c1-2-11-9(10)8-6-4-3-5-7-8;/h3-7H,2H2,1H3;1H3. The molecule has 0 bridgehead atoms. The van der Waals surface area contributed by atoms with Crippen LogP contribution >= 0.6 is 0 Å².